The van der Waals surface area contributed by atoms with E-state index in [-0.39, 0.29) is 0 Å². The van der Waals surface area contributed by atoms with E-state index in [0.29, 0.717) is 22.4 Å². The first kappa shape index (κ1) is 9.08. The number of carbonyl (C=O) groups excluding carboxylic acids is 1. The molecule has 72 valence electrons. The summed E-state index contributed by atoms with van der Waals surface area (Å²) in [6.45, 7) is 1.84. The van der Waals surface area contributed by atoms with Crippen molar-refractivity contribution in [2.75, 3.05) is 0 Å². The maximum absolute atomic E-state index is 10.3. The number of nitrogens with zero attached hydrogens (tertiary/aromatic N) is 1. The predicted molar refractivity (Wildman–Crippen MR) is 49.5 cm³/mol. The van der Waals surface area contributed by atoms with E-state index >= 15 is 0 Å². The molecule has 0 saturated carbocycles. The molecule has 0 unspecified atom stereocenters. The van der Waals surface area contributed by atoms with Gasteiger partial charge in [0.1, 0.15) is 6.26 Å². The summed E-state index contributed by atoms with van der Waals surface area (Å²) in [5.74, 6) is 0.302. The summed E-state index contributed by atoms with van der Waals surface area (Å²) in [7, 11) is 0. The second-order valence-electron chi connectivity index (χ2n) is 2.63. The van der Waals surface area contributed by atoms with Gasteiger partial charge in [0.05, 0.1) is 5.69 Å². The monoisotopic (exact) mass is 209 g/mol. The van der Waals surface area contributed by atoms with Crippen LogP contribution in [0.4, 0.5) is 0 Å². The lowest BCUT2D eigenvalue weighted by Gasteiger charge is -1.88. The molecular formula is C9H7NO3S. The van der Waals surface area contributed by atoms with Crippen LogP contribution in [0.5, 0.6) is 0 Å². The van der Waals surface area contributed by atoms with Crippen LogP contribution in [0.25, 0.3) is 0 Å². The van der Waals surface area contributed by atoms with Crippen molar-refractivity contribution in [1.29, 1.82) is 0 Å². The lowest BCUT2D eigenvalue weighted by atomic mass is 10.5. The lowest BCUT2D eigenvalue weighted by molar-refractivity contribution is 0.109. The SMILES string of the molecule is Cc1coc(Sc2ccc(C=O)o2)n1. The maximum Gasteiger partial charge on any atom is 0.263 e. The van der Waals surface area contributed by atoms with Crippen LogP contribution in [0, 0.1) is 6.92 Å². The number of furan rings is 1. The van der Waals surface area contributed by atoms with Crippen molar-refractivity contribution in [2.24, 2.45) is 0 Å². The van der Waals surface area contributed by atoms with Crippen molar-refractivity contribution in [3.63, 3.8) is 0 Å². The smallest absolute Gasteiger partial charge is 0.263 e. The number of hydrogen-bond acceptors (Lipinski definition) is 5. The fraction of sp³-hybridized carbons (Fsp3) is 0.111. The quantitative estimate of drug-likeness (QED) is 0.727. The normalized spacial score (nSPS) is 10.4. The molecule has 5 heteroatoms. The lowest BCUT2D eigenvalue weighted by Crippen LogP contribution is -1.71. The van der Waals surface area contributed by atoms with E-state index in [1.54, 1.807) is 18.4 Å². The Hall–Kier alpha value is -1.49. The molecular weight excluding hydrogens is 202 g/mol. The van der Waals surface area contributed by atoms with Gasteiger partial charge < -0.3 is 8.83 Å². The van der Waals surface area contributed by atoms with E-state index in [1.165, 1.54) is 11.8 Å². The van der Waals surface area contributed by atoms with Gasteiger partial charge in [-0.15, -0.1) is 0 Å². The summed E-state index contributed by atoms with van der Waals surface area (Å²) in [6, 6.07) is 3.30. The van der Waals surface area contributed by atoms with E-state index in [0.717, 1.165) is 5.69 Å². The second kappa shape index (κ2) is 3.71. The van der Waals surface area contributed by atoms with Gasteiger partial charge in [0, 0.05) is 11.8 Å². The summed E-state index contributed by atoms with van der Waals surface area (Å²) in [4.78, 5) is 14.4. The molecule has 0 radical (unpaired) electrons. The highest BCUT2D eigenvalue weighted by atomic mass is 32.2. The zero-order valence-corrected chi connectivity index (χ0v) is 8.21. The molecule has 0 N–H and O–H groups in total. The Morgan fingerprint density at radius 3 is 2.93 bits per heavy atom. The van der Waals surface area contributed by atoms with Crippen LogP contribution >= 0.6 is 11.8 Å². The number of hydrogen-bond donors (Lipinski definition) is 0. The Labute approximate surface area is 84.3 Å². The summed E-state index contributed by atoms with van der Waals surface area (Å²) >= 11 is 1.24. The van der Waals surface area contributed by atoms with Crippen molar-refractivity contribution < 1.29 is 13.6 Å². The molecule has 14 heavy (non-hydrogen) atoms. The van der Waals surface area contributed by atoms with Crippen LogP contribution in [0.1, 0.15) is 16.2 Å². The second-order valence-corrected chi connectivity index (χ2v) is 3.59. The van der Waals surface area contributed by atoms with E-state index in [1.807, 2.05) is 6.92 Å². The highest BCUT2D eigenvalue weighted by Crippen LogP contribution is 2.27. The standard InChI is InChI=1S/C9H7NO3S/c1-6-5-12-9(10-6)14-8-3-2-7(4-11)13-8/h2-5H,1H3. The van der Waals surface area contributed by atoms with Gasteiger partial charge in [-0.3, -0.25) is 4.79 Å². The molecule has 0 spiro atoms. The number of carbonyl (C=O) groups is 1. The Balaban J connectivity index is 2.14. The summed E-state index contributed by atoms with van der Waals surface area (Å²) < 4.78 is 10.3. The largest absolute Gasteiger partial charge is 0.447 e. The number of rotatable bonds is 3. The van der Waals surface area contributed by atoms with Crippen LogP contribution in [-0.2, 0) is 0 Å². The minimum Gasteiger partial charge on any atom is -0.447 e. The van der Waals surface area contributed by atoms with Gasteiger partial charge >= 0.3 is 0 Å². The Morgan fingerprint density at radius 2 is 2.36 bits per heavy atom. The average Bonchev–Trinajstić information content (AvgIpc) is 2.76. The molecule has 0 bridgehead atoms. The fourth-order valence-electron chi connectivity index (χ4n) is 0.918. The van der Waals surface area contributed by atoms with E-state index in [9.17, 15) is 4.79 Å². The molecule has 0 fully saturated rings. The van der Waals surface area contributed by atoms with Crippen LogP contribution in [-0.4, -0.2) is 11.3 Å². The van der Waals surface area contributed by atoms with E-state index in [2.05, 4.69) is 4.98 Å². The highest BCUT2D eigenvalue weighted by molar-refractivity contribution is 7.99. The van der Waals surface area contributed by atoms with E-state index in [4.69, 9.17) is 8.83 Å². The number of oxazole rings is 1. The third-order valence-corrected chi connectivity index (χ3v) is 2.29. The molecule has 4 nitrogen and oxygen atoms in total. The Bertz CT molecular complexity index is 446. The molecule has 2 rings (SSSR count). The minimum atomic E-state index is 0.302. The minimum absolute atomic E-state index is 0.302. The first-order chi connectivity index (χ1) is 6.78. The van der Waals surface area contributed by atoms with Crippen molar-refractivity contribution in [2.45, 2.75) is 17.2 Å². The van der Waals surface area contributed by atoms with Crippen LogP contribution in [0.15, 0.2) is 37.5 Å². The molecule has 2 heterocycles. The predicted octanol–water partition coefficient (Wildman–Crippen LogP) is 2.54. The van der Waals surface area contributed by atoms with Gasteiger partial charge in [-0.2, -0.15) is 0 Å². The van der Waals surface area contributed by atoms with Crippen LogP contribution in [0.2, 0.25) is 0 Å². The third kappa shape index (κ3) is 1.88. The molecule has 0 aliphatic rings. The number of aryl methyl sites for hydroxylation is 1. The van der Waals surface area contributed by atoms with Crippen LogP contribution in [0.3, 0.4) is 0 Å². The topological polar surface area (TPSA) is 56.2 Å². The Morgan fingerprint density at radius 1 is 1.50 bits per heavy atom. The molecule has 0 aromatic carbocycles. The molecule has 2 aromatic rings. The molecule has 0 aliphatic heterocycles. The van der Waals surface area contributed by atoms with Crippen molar-refractivity contribution in [3.8, 4) is 0 Å². The summed E-state index contributed by atoms with van der Waals surface area (Å²) in [6.07, 6.45) is 2.22. The first-order valence-corrected chi connectivity index (χ1v) is 4.74. The van der Waals surface area contributed by atoms with Gasteiger partial charge in [0.15, 0.2) is 17.1 Å². The maximum atomic E-state index is 10.3. The third-order valence-electron chi connectivity index (χ3n) is 1.50. The van der Waals surface area contributed by atoms with E-state index < -0.39 is 0 Å². The molecule has 0 aliphatic carbocycles. The van der Waals surface area contributed by atoms with Gasteiger partial charge in [0.2, 0.25) is 0 Å². The fourth-order valence-corrected chi connectivity index (χ4v) is 1.65. The highest BCUT2D eigenvalue weighted by Gasteiger charge is 2.07. The van der Waals surface area contributed by atoms with Gasteiger partial charge in [-0.25, -0.2) is 4.98 Å². The average molecular weight is 209 g/mol. The van der Waals surface area contributed by atoms with Gasteiger partial charge in [0.25, 0.3) is 5.22 Å². The van der Waals surface area contributed by atoms with Gasteiger partial charge in [-0.05, 0) is 19.1 Å². The molecule has 0 atom stereocenters. The number of aldehydes is 1. The first-order valence-electron chi connectivity index (χ1n) is 3.93. The van der Waals surface area contributed by atoms with Crippen molar-refractivity contribution in [1.82, 2.24) is 4.98 Å². The zero-order valence-electron chi connectivity index (χ0n) is 7.39. The van der Waals surface area contributed by atoms with Crippen molar-refractivity contribution in [3.05, 3.63) is 29.9 Å². The molecule has 0 saturated heterocycles. The van der Waals surface area contributed by atoms with Crippen molar-refractivity contribution >= 4 is 18.0 Å². The number of aromatic nitrogens is 1. The van der Waals surface area contributed by atoms with Gasteiger partial charge in [-0.1, -0.05) is 0 Å². The Kier molecular flexibility index (Phi) is 2.41. The zero-order chi connectivity index (χ0) is 9.97. The van der Waals surface area contributed by atoms with Crippen LogP contribution < -0.4 is 0 Å². The summed E-state index contributed by atoms with van der Waals surface area (Å²) in [5, 5.41) is 1.10. The molecule has 0 amide bonds. The molecule has 2 aromatic heterocycles. The summed E-state index contributed by atoms with van der Waals surface area (Å²) in [5.41, 5.74) is 0.815.